The molecule has 4 nitrogen and oxygen atoms in total. The van der Waals surface area contributed by atoms with E-state index in [9.17, 15) is 0 Å². The molecule has 0 saturated carbocycles. The Balaban J connectivity index is 1.38. The minimum absolute atomic E-state index is 0.264. The molecule has 0 aliphatic rings. The Hall–Kier alpha value is -4.35. The van der Waals surface area contributed by atoms with Gasteiger partial charge in [0, 0.05) is 6.20 Å². The number of pyridine rings is 3. The molecular weight excluding hydrogens is 563 g/mol. The summed E-state index contributed by atoms with van der Waals surface area (Å²) in [5.74, 6) is 0.933. The first-order chi connectivity index (χ1) is 19.3. The van der Waals surface area contributed by atoms with Crippen molar-refractivity contribution in [1.29, 1.82) is 0 Å². The van der Waals surface area contributed by atoms with Crippen LogP contribution in [0.25, 0.3) is 78.6 Å². The normalized spacial score (nSPS) is 12.1. The van der Waals surface area contributed by atoms with Crippen molar-refractivity contribution in [1.82, 2.24) is 19.5 Å². The third-order valence-electron chi connectivity index (χ3n) is 7.49. The van der Waals surface area contributed by atoms with Crippen LogP contribution in [0.15, 0.2) is 109 Å². The molecule has 6 heteroatoms. The van der Waals surface area contributed by atoms with Gasteiger partial charge in [0.2, 0.25) is 0 Å². The molecule has 0 N–H and O–H groups in total. The zero-order chi connectivity index (χ0) is 25.5. The van der Waals surface area contributed by atoms with E-state index in [1.807, 2.05) is 29.7 Å². The van der Waals surface area contributed by atoms with Gasteiger partial charge in [0.05, 0.1) is 0 Å². The number of benzene rings is 3. The number of thiophene rings is 1. The average Bonchev–Trinajstić information content (AvgIpc) is 3.64. The molecule has 0 fully saturated rings. The van der Waals surface area contributed by atoms with Gasteiger partial charge < -0.3 is 0 Å². The first kappa shape index (κ1) is 21.6. The van der Waals surface area contributed by atoms with Gasteiger partial charge in [0.15, 0.2) is 0 Å². The summed E-state index contributed by atoms with van der Waals surface area (Å²) in [4.78, 5) is 14.7. The maximum atomic E-state index is 5.33. The number of hydrogen-bond donors (Lipinski definition) is 0. The number of rotatable bonds is 2. The van der Waals surface area contributed by atoms with Crippen molar-refractivity contribution in [2.75, 3.05) is 0 Å². The fourth-order valence-corrected chi connectivity index (χ4v) is 10.1. The predicted molar refractivity (Wildman–Crippen MR) is 164 cm³/mol. The van der Waals surface area contributed by atoms with Gasteiger partial charge in [-0.05, 0) is 0 Å². The second-order valence-electron chi connectivity index (χ2n) is 9.71. The van der Waals surface area contributed by atoms with Crippen molar-refractivity contribution < 1.29 is 0 Å². The van der Waals surface area contributed by atoms with Crippen LogP contribution in [0.5, 0.6) is 0 Å². The summed E-state index contributed by atoms with van der Waals surface area (Å²) in [6.45, 7) is 0. The Labute approximate surface area is 232 Å². The zero-order valence-corrected chi connectivity index (χ0v) is 23.0. The van der Waals surface area contributed by atoms with Crippen LogP contribution < -0.4 is 0 Å². The Bertz CT molecular complexity index is 2400. The molecule has 9 aromatic rings. The van der Waals surface area contributed by atoms with Gasteiger partial charge in [0.1, 0.15) is 0 Å². The molecule has 39 heavy (non-hydrogen) atoms. The number of para-hydroxylation sites is 1. The molecular formula is C33H18N4SSe. The summed E-state index contributed by atoms with van der Waals surface area (Å²) in [6, 6.07) is 34.4. The van der Waals surface area contributed by atoms with Crippen LogP contribution in [0.1, 0.15) is 0 Å². The van der Waals surface area contributed by atoms with Crippen LogP contribution >= 0.6 is 11.3 Å². The fraction of sp³-hybridized carbons (Fsp3) is 0. The van der Waals surface area contributed by atoms with Gasteiger partial charge in [-0.15, -0.1) is 0 Å². The van der Waals surface area contributed by atoms with Crippen LogP contribution in [0.2, 0.25) is 0 Å². The molecule has 6 heterocycles. The van der Waals surface area contributed by atoms with E-state index >= 15 is 0 Å². The molecule has 0 unspecified atom stereocenters. The van der Waals surface area contributed by atoms with Crippen LogP contribution in [0.4, 0.5) is 0 Å². The number of hydrogen-bond acceptors (Lipinski definition) is 4. The molecule has 6 aromatic heterocycles. The van der Waals surface area contributed by atoms with Gasteiger partial charge in [-0.1, -0.05) is 0 Å². The second-order valence-corrected chi connectivity index (χ2v) is 12.9. The van der Waals surface area contributed by atoms with Crippen molar-refractivity contribution in [2.45, 2.75) is 0 Å². The maximum absolute atomic E-state index is 5.33. The summed E-state index contributed by atoms with van der Waals surface area (Å²) in [5, 5.41) is 4.85. The Kier molecular flexibility index (Phi) is 4.47. The molecule has 0 radical (unpaired) electrons. The van der Waals surface area contributed by atoms with Crippen molar-refractivity contribution in [3.8, 4) is 17.1 Å². The molecule has 0 aliphatic carbocycles. The summed E-state index contributed by atoms with van der Waals surface area (Å²) in [5.41, 5.74) is 6.24. The van der Waals surface area contributed by atoms with Crippen LogP contribution in [0.3, 0.4) is 0 Å². The van der Waals surface area contributed by atoms with E-state index in [-0.39, 0.29) is 14.5 Å². The topological polar surface area (TPSA) is 43.6 Å². The molecule has 0 atom stereocenters. The minimum atomic E-state index is 0.264. The van der Waals surface area contributed by atoms with Crippen molar-refractivity contribution in [3.05, 3.63) is 109 Å². The first-order valence-electron chi connectivity index (χ1n) is 12.8. The Morgan fingerprint density at radius 2 is 1.44 bits per heavy atom. The molecule has 0 saturated heterocycles. The third-order valence-corrected chi connectivity index (χ3v) is 11.5. The standard InChI is InChI=1S/C33H18N4SSe/c1-3-9-25-22(7-1)31-30(33-32(38-31)23-8-2-4-10-26(23)39-33)37(25)27-16-14-20-12-11-19-13-15-24(21-6-5-17-34-18-21)35-28(19)29(20)36-27/h1-18H. The fourth-order valence-electron chi connectivity index (χ4n) is 5.69. The monoisotopic (exact) mass is 582 g/mol. The average molecular weight is 582 g/mol. The Morgan fingerprint density at radius 1 is 0.667 bits per heavy atom. The first-order valence-corrected chi connectivity index (χ1v) is 15.3. The summed E-state index contributed by atoms with van der Waals surface area (Å²) < 4.78 is 8.09. The molecule has 0 bridgehead atoms. The van der Waals surface area contributed by atoms with Crippen LogP contribution in [-0.2, 0) is 0 Å². The number of nitrogens with zero attached hydrogens (tertiary/aromatic N) is 4. The van der Waals surface area contributed by atoms with Gasteiger partial charge in [-0.3, -0.25) is 0 Å². The van der Waals surface area contributed by atoms with Crippen LogP contribution in [-0.4, -0.2) is 34.0 Å². The van der Waals surface area contributed by atoms with Gasteiger partial charge in [-0.25, -0.2) is 0 Å². The van der Waals surface area contributed by atoms with E-state index in [0.29, 0.717) is 0 Å². The van der Waals surface area contributed by atoms with Gasteiger partial charge >= 0.3 is 227 Å². The van der Waals surface area contributed by atoms with E-state index in [0.717, 1.165) is 38.9 Å². The quantitative estimate of drug-likeness (QED) is 0.152. The predicted octanol–water partition coefficient (Wildman–Crippen LogP) is 8.37. The Morgan fingerprint density at radius 3 is 2.31 bits per heavy atom. The molecule has 9 rings (SSSR count). The van der Waals surface area contributed by atoms with Gasteiger partial charge in [0.25, 0.3) is 0 Å². The molecule has 0 amide bonds. The molecule has 3 aromatic carbocycles. The number of aromatic nitrogens is 4. The van der Waals surface area contributed by atoms with Crippen molar-refractivity contribution in [3.63, 3.8) is 0 Å². The van der Waals surface area contributed by atoms with Crippen molar-refractivity contribution in [2.24, 2.45) is 0 Å². The van der Waals surface area contributed by atoms with Crippen molar-refractivity contribution >= 4 is 87.4 Å². The summed E-state index contributed by atoms with van der Waals surface area (Å²) in [7, 11) is 0. The van der Waals surface area contributed by atoms with E-state index in [1.54, 1.807) is 6.20 Å². The van der Waals surface area contributed by atoms with E-state index in [4.69, 9.17) is 9.97 Å². The summed E-state index contributed by atoms with van der Waals surface area (Å²) in [6.07, 6.45) is 3.65. The van der Waals surface area contributed by atoms with Crippen LogP contribution in [0, 0.1) is 0 Å². The van der Waals surface area contributed by atoms with E-state index in [1.165, 1.54) is 39.7 Å². The zero-order valence-electron chi connectivity index (χ0n) is 20.5. The SMILES string of the molecule is c1cncc(-c2ccc3ccc4ccc(-n5c6ccccc6c6sc7c8ccccc8[se]c7c65)nc4c3n2)c1. The third kappa shape index (κ3) is 3.08. The van der Waals surface area contributed by atoms with Gasteiger partial charge in [-0.2, -0.15) is 0 Å². The number of fused-ring (bicyclic) bond motifs is 10. The molecule has 0 spiro atoms. The van der Waals surface area contributed by atoms with E-state index < -0.39 is 0 Å². The molecule has 182 valence electrons. The second kappa shape index (κ2) is 8.07. The summed E-state index contributed by atoms with van der Waals surface area (Å²) >= 11 is 2.19. The molecule has 0 aliphatic heterocycles. The van der Waals surface area contributed by atoms with E-state index in [2.05, 4.69) is 94.5 Å².